The first-order valence-electron chi connectivity index (χ1n) is 7.89. The quantitative estimate of drug-likeness (QED) is 0.786. The van der Waals surface area contributed by atoms with E-state index in [1.54, 1.807) is 0 Å². The summed E-state index contributed by atoms with van der Waals surface area (Å²) in [5.74, 6) is 0.892. The minimum absolute atomic E-state index is 0.138. The van der Waals surface area contributed by atoms with E-state index < -0.39 is 0 Å². The molecule has 0 saturated carbocycles. The maximum absolute atomic E-state index is 12.8. The highest BCUT2D eigenvalue weighted by molar-refractivity contribution is 5.99. The van der Waals surface area contributed by atoms with Crippen molar-refractivity contribution in [2.75, 3.05) is 7.05 Å². The Hall–Kier alpha value is -1.61. The molecule has 0 aliphatic carbocycles. The lowest BCUT2D eigenvalue weighted by atomic mass is 9.87. The third kappa shape index (κ3) is 2.03. The molecule has 3 heteroatoms. The summed E-state index contributed by atoms with van der Waals surface area (Å²) in [5, 5.41) is 1.04. The Labute approximate surface area is 124 Å². The van der Waals surface area contributed by atoms with E-state index in [9.17, 15) is 4.79 Å². The van der Waals surface area contributed by atoms with Gasteiger partial charge in [-0.1, -0.05) is 18.2 Å². The summed E-state index contributed by atoms with van der Waals surface area (Å²) in [6.07, 6.45) is 4.46. The van der Waals surface area contributed by atoms with E-state index in [0.29, 0.717) is 17.8 Å². The Kier molecular flexibility index (Phi) is 2.93. The number of para-hydroxylation sites is 1. The molecule has 3 nitrogen and oxygen atoms in total. The number of fused-ring (bicyclic) bond motifs is 3. The molecule has 4 rings (SSSR count). The fourth-order valence-corrected chi connectivity index (χ4v) is 4.16. The lowest BCUT2D eigenvalue weighted by Crippen LogP contribution is -2.42. The van der Waals surface area contributed by atoms with Gasteiger partial charge in [0.05, 0.1) is 0 Å². The van der Waals surface area contributed by atoms with Crippen molar-refractivity contribution in [2.45, 2.75) is 44.7 Å². The summed E-state index contributed by atoms with van der Waals surface area (Å²) in [6.45, 7) is 2.02. The Morgan fingerprint density at radius 1 is 1.24 bits per heavy atom. The first-order valence-corrected chi connectivity index (χ1v) is 7.89. The summed E-state index contributed by atoms with van der Waals surface area (Å²) in [4.78, 5) is 15.3. The number of carbonyl (C=O) groups is 1. The van der Waals surface area contributed by atoms with E-state index in [2.05, 4.69) is 11.9 Å². The fraction of sp³-hybridized carbons (Fsp3) is 0.500. The molecule has 0 radical (unpaired) electrons. The van der Waals surface area contributed by atoms with Gasteiger partial charge >= 0.3 is 0 Å². The van der Waals surface area contributed by atoms with Crippen LogP contribution in [-0.2, 0) is 0 Å². The topological polar surface area (TPSA) is 33.5 Å². The summed E-state index contributed by atoms with van der Waals surface area (Å²) < 4.78 is 5.87. The molecule has 2 aliphatic rings. The smallest absolute Gasteiger partial charge is 0.201 e. The Morgan fingerprint density at radius 3 is 2.62 bits per heavy atom. The Bertz CT molecular complexity index is 688. The molecule has 2 fully saturated rings. The lowest BCUT2D eigenvalue weighted by Gasteiger charge is -2.35. The van der Waals surface area contributed by atoms with E-state index >= 15 is 0 Å². The first kappa shape index (κ1) is 13.1. The molecule has 21 heavy (non-hydrogen) atoms. The first-order chi connectivity index (χ1) is 10.1. The van der Waals surface area contributed by atoms with Crippen LogP contribution in [0, 0.1) is 12.8 Å². The van der Waals surface area contributed by atoms with Crippen molar-refractivity contribution in [1.82, 2.24) is 4.90 Å². The number of rotatable bonds is 2. The SMILES string of the molecule is Cc1cccc2cc(C(=O)C3CC4CCC(C3)N4C)oc12. The van der Waals surface area contributed by atoms with Crippen molar-refractivity contribution < 1.29 is 9.21 Å². The predicted octanol–water partition coefficient (Wildman–Crippen LogP) is 3.80. The zero-order chi connectivity index (χ0) is 14.6. The van der Waals surface area contributed by atoms with Crippen LogP contribution in [0.2, 0.25) is 0 Å². The zero-order valence-corrected chi connectivity index (χ0v) is 12.6. The third-order valence-electron chi connectivity index (χ3n) is 5.45. The minimum atomic E-state index is 0.138. The van der Waals surface area contributed by atoms with Crippen LogP contribution < -0.4 is 0 Å². The number of aryl methyl sites for hydroxylation is 1. The number of piperidine rings is 1. The number of hydrogen-bond acceptors (Lipinski definition) is 3. The van der Waals surface area contributed by atoms with E-state index in [1.807, 2.05) is 31.2 Å². The molecule has 0 amide bonds. The van der Waals surface area contributed by atoms with Gasteiger partial charge in [0, 0.05) is 23.4 Å². The van der Waals surface area contributed by atoms with Crippen LogP contribution in [0.1, 0.15) is 41.8 Å². The largest absolute Gasteiger partial charge is 0.453 e. The Morgan fingerprint density at radius 2 is 1.95 bits per heavy atom. The molecule has 3 heterocycles. The standard InChI is InChI=1S/C18H21NO2/c1-11-4-3-5-12-10-16(21-18(11)12)17(20)13-8-14-6-7-15(9-13)19(14)2/h3-5,10,13-15H,6-9H2,1-2H3. The van der Waals surface area contributed by atoms with Gasteiger partial charge in [-0.05, 0) is 51.3 Å². The molecule has 2 unspecified atom stereocenters. The van der Waals surface area contributed by atoms with Gasteiger partial charge in [-0.2, -0.15) is 0 Å². The van der Waals surface area contributed by atoms with Gasteiger partial charge in [0.1, 0.15) is 5.58 Å². The minimum Gasteiger partial charge on any atom is -0.453 e. The number of ketones is 1. The van der Waals surface area contributed by atoms with Crippen LogP contribution >= 0.6 is 0 Å². The van der Waals surface area contributed by atoms with Crippen molar-refractivity contribution in [3.8, 4) is 0 Å². The monoisotopic (exact) mass is 283 g/mol. The summed E-state index contributed by atoms with van der Waals surface area (Å²) >= 11 is 0. The average Bonchev–Trinajstić information content (AvgIpc) is 2.97. The number of Topliss-reactive ketones (excluding diaryl/α,β-unsaturated/α-hetero) is 1. The van der Waals surface area contributed by atoms with Gasteiger partial charge in [0.25, 0.3) is 0 Å². The number of furan rings is 1. The van der Waals surface area contributed by atoms with E-state index in [4.69, 9.17) is 4.42 Å². The normalized spacial score (nSPS) is 29.1. The van der Waals surface area contributed by atoms with Gasteiger partial charge in [-0.25, -0.2) is 0 Å². The van der Waals surface area contributed by atoms with Crippen LogP contribution in [0.3, 0.4) is 0 Å². The van der Waals surface area contributed by atoms with E-state index in [0.717, 1.165) is 29.4 Å². The van der Waals surface area contributed by atoms with E-state index in [1.165, 1.54) is 12.8 Å². The van der Waals surface area contributed by atoms with Gasteiger partial charge in [0.2, 0.25) is 5.78 Å². The van der Waals surface area contributed by atoms with Crippen LogP contribution in [-0.4, -0.2) is 29.8 Å². The predicted molar refractivity (Wildman–Crippen MR) is 82.6 cm³/mol. The zero-order valence-electron chi connectivity index (χ0n) is 12.6. The van der Waals surface area contributed by atoms with Gasteiger partial charge in [-0.15, -0.1) is 0 Å². The molecule has 2 aliphatic heterocycles. The summed E-state index contributed by atoms with van der Waals surface area (Å²) in [7, 11) is 2.20. The maximum Gasteiger partial charge on any atom is 0.201 e. The third-order valence-corrected chi connectivity index (χ3v) is 5.45. The lowest BCUT2D eigenvalue weighted by molar-refractivity contribution is 0.0742. The molecule has 110 valence electrons. The van der Waals surface area contributed by atoms with Crippen LogP contribution in [0.5, 0.6) is 0 Å². The van der Waals surface area contributed by atoms with Crippen molar-refractivity contribution >= 4 is 16.8 Å². The van der Waals surface area contributed by atoms with Crippen molar-refractivity contribution in [2.24, 2.45) is 5.92 Å². The van der Waals surface area contributed by atoms with Gasteiger partial charge < -0.3 is 9.32 Å². The molecular formula is C18H21NO2. The van der Waals surface area contributed by atoms with Crippen molar-refractivity contribution in [1.29, 1.82) is 0 Å². The molecule has 0 spiro atoms. The number of nitrogens with zero attached hydrogens (tertiary/aromatic N) is 1. The average molecular weight is 283 g/mol. The number of carbonyl (C=O) groups excluding carboxylic acids is 1. The molecule has 2 saturated heterocycles. The summed E-state index contributed by atoms with van der Waals surface area (Å²) in [6, 6.07) is 9.14. The molecule has 1 aromatic carbocycles. The second kappa shape index (κ2) is 4.70. The maximum atomic E-state index is 12.8. The molecule has 0 N–H and O–H groups in total. The van der Waals surface area contributed by atoms with Crippen LogP contribution in [0.25, 0.3) is 11.0 Å². The van der Waals surface area contributed by atoms with Crippen molar-refractivity contribution in [3.05, 3.63) is 35.6 Å². The number of hydrogen-bond donors (Lipinski definition) is 0. The fourth-order valence-electron chi connectivity index (χ4n) is 4.16. The molecule has 2 bridgehead atoms. The van der Waals surface area contributed by atoms with Crippen molar-refractivity contribution in [3.63, 3.8) is 0 Å². The van der Waals surface area contributed by atoms with Gasteiger partial charge in [0.15, 0.2) is 5.76 Å². The van der Waals surface area contributed by atoms with Crippen LogP contribution in [0.15, 0.2) is 28.7 Å². The Balaban J connectivity index is 1.63. The molecular weight excluding hydrogens is 262 g/mol. The second-order valence-corrected chi connectivity index (χ2v) is 6.69. The molecule has 1 aromatic heterocycles. The van der Waals surface area contributed by atoms with Gasteiger partial charge in [-0.3, -0.25) is 4.79 Å². The highest BCUT2D eigenvalue weighted by atomic mass is 16.3. The molecule has 2 atom stereocenters. The summed E-state index contributed by atoms with van der Waals surface area (Å²) in [5.41, 5.74) is 1.95. The number of benzene rings is 1. The van der Waals surface area contributed by atoms with E-state index in [-0.39, 0.29) is 11.7 Å². The highest BCUT2D eigenvalue weighted by Crippen LogP contribution is 2.39. The molecule has 2 aromatic rings. The second-order valence-electron chi connectivity index (χ2n) is 6.69. The highest BCUT2D eigenvalue weighted by Gasteiger charge is 2.41. The van der Waals surface area contributed by atoms with Crippen LogP contribution in [0.4, 0.5) is 0 Å².